The summed E-state index contributed by atoms with van der Waals surface area (Å²) in [6, 6.07) is 0.698. The van der Waals surface area contributed by atoms with Gasteiger partial charge in [0.05, 0.1) is 6.54 Å². The quantitative estimate of drug-likeness (QED) is 0.781. The fraction of sp³-hybridized carbons (Fsp3) is 0.667. The molecule has 0 amide bonds. The molecule has 0 aromatic carbocycles. The van der Waals surface area contributed by atoms with Crippen LogP contribution in [0, 0.1) is 0 Å². The highest BCUT2D eigenvalue weighted by Gasteiger charge is 2.19. The van der Waals surface area contributed by atoms with Gasteiger partial charge in [-0.25, -0.2) is 4.98 Å². The van der Waals surface area contributed by atoms with Crippen molar-refractivity contribution in [2.45, 2.75) is 19.0 Å². The van der Waals surface area contributed by atoms with Crippen molar-refractivity contribution in [2.75, 3.05) is 20.1 Å². The van der Waals surface area contributed by atoms with Crippen molar-refractivity contribution in [1.82, 2.24) is 15.2 Å². The van der Waals surface area contributed by atoms with Crippen LogP contribution in [0.25, 0.3) is 0 Å². The summed E-state index contributed by atoms with van der Waals surface area (Å²) >= 11 is 1.74. The number of thiazole rings is 1. The van der Waals surface area contributed by atoms with Gasteiger partial charge in [-0.05, 0) is 20.0 Å². The van der Waals surface area contributed by atoms with Gasteiger partial charge in [-0.2, -0.15) is 0 Å². The molecular weight excluding hydrogens is 182 g/mol. The summed E-state index contributed by atoms with van der Waals surface area (Å²) in [4.78, 5) is 6.67. The van der Waals surface area contributed by atoms with Crippen molar-refractivity contribution in [2.24, 2.45) is 0 Å². The van der Waals surface area contributed by atoms with E-state index in [-0.39, 0.29) is 0 Å². The van der Waals surface area contributed by atoms with Gasteiger partial charge in [-0.1, -0.05) is 0 Å². The number of hydrogen-bond acceptors (Lipinski definition) is 4. The lowest BCUT2D eigenvalue weighted by atomic mass is 10.2. The van der Waals surface area contributed by atoms with Crippen molar-refractivity contribution in [3.63, 3.8) is 0 Å². The molecule has 0 spiro atoms. The summed E-state index contributed by atoms with van der Waals surface area (Å²) in [7, 11) is 2.18. The Bertz CT molecular complexity index is 241. The molecule has 1 unspecified atom stereocenters. The molecule has 72 valence electrons. The first-order chi connectivity index (χ1) is 6.36. The number of rotatable bonds is 3. The molecule has 0 radical (unpaired) electrons. The Labute approximate surface area is 82.8 Å². The fourth-order valence-electron chi connectivity index (χ4n) is 1.69. The second kappa shape index (κ2) is 4.17. The van der Waals surface area contributed by atoms with E-state index in [4.69, 9.17) is 0 Å². The first-order valence-electron chi connectivity index (χ1n) is 4.65. The van der Waals surface area contributed by atoms with Gasteiger partial charge in [0.2, 0.25) is 0 Å². The molecule has 1 fully saturated rings. The topological polar surface area (TPSA) is 28.2 Å². The maximum atomic E-state index is 4.28. The summed E-state index contributed by atoms with van der Waals surface area (Å²) in [5.74, 6) is 0. The van der Waals surface area contributed by atoms with Crippen molar-refractivity contribution in [3.8, 4) is 0 Å². The molecule has 1 atom stereocenters. The van der Waals surface area contributed by atoms with Crippen LogP contribution in [0.1, 0.15) is 11.4 Å². The Morgan fingerprint density at radius 2 is 2.69 bits per heavy atom. The number of hydrogen-bond donors (Lipinski definition) is 1. The smallest absolute Gasteiger partial charge is 0.107 e. The average molecular weight is 197 g/mol. The lowest BCUT2D eigenvalue weighted by Crippen LogP contribution is -2.32. The normalized spacial score (nSPS) is 22.8. The Balaban J connectivity index is 1.87. The number of nitrogens with one attached hydrogen (secondary N) is 1. The summed E-state index contributed by atoms with van der Waals surface area (Å²) in [5.41, 5.74) is 0. The van der Waals surface area contributed by atoms with Gasteiger partial charge in [0, 0.05) is 24.2 Å². The minimum atomic E-state index is 0.698. The van der Waals surface area contributed by atoms with Crippen LogP contribution in [-0.2, 0) is 6.54 Å². The fourth-order valence-corrected chi connectivity index (χ4v) is 2.37. The van der Waals surface area contributed by atoms with Gasteiger partial charge in [0.25, 0.3) is 0 Å². The summed E-state index contributed by atoms with van der Waals surface area (Å²) < 4.78 is 0. The largest absolute Gasteiger partial charge is 0.315 e. The lowest BCUT2D eigenvalue weighted by Gasteiger charge is -2.21. The molecule has 4 heteroatoms. The molecule has 13 heavy (non-hydrogen) atoms. The molecule has 2 rings (SSSR count). The highest BCUT2D eigenvalue weighted by atomic mass is 32.1. The molecule has 2 heterocycles. The molecule has 0 saturated carbocycles. The molecule has 0 bridgehead atoms. The van der Waals surface area contributed by atoms with E-state index in [2.05, 4.69) is 22.2 Å². The van der Waals surface area contributed by atoms with Crippen molar-refractivity contribution >= 4 is 11.3 Å². The predicted octanol–water partition coefficient (Wildman–Crippen LogP) is 0.937. The van der Waals surface area contributed by atoms with Crippen LogP contribution in [0.15, 0.2) is 11.6 Å². The van der Waals surface area contributed by atoms with E-state index >= 15 is 0 Å². The SMILES string of the molecule is CN(Cc1nccs1)C1CCNC1. The highest BCUT2D eigenvalue weighted by Crippen LogP contribution is 2.12. The Hall–Kier alpha value is -0.450. The van der Waals surface area contributed by atoms with E-state index in [0.717, 1.165) is 19.6 Å². The van der Waals surface area contributed by atoms with Crippen LogP contribution in [0.2, 0.25) is 0 Å². The lowest BCUT2D eigenvalue weighted by molar-refractivity contribution is 0.248. The standard InChI is InChI=1S/C9H15N3S/c1-12(8-2-3-10-6-8)7-9-11-4-5-13-9/h4-5,8,10H,2-3,6-7H2,1H3. The number of aromatic nitrogens is 1. The number of nitrogens with zero attached hydrogens (tertiary/aromatic N) is 2. The highest BCUT2D eigenvalue weighted by molar-refractivity contribution is 7.09. The molecule has 0 aliphatic carbocycles. The summed E-state index contributed by atoms with van der Waals surface area (Å²) in [6.45, 7) is 3.28. The Morgan fingerprint density at radius 3 is 3.31 bits per heavy atom. The van der Waals surface area contributed by atoms with E-state index in [0.29, 0.717) is 6.04 Å². The summed E-state index contributed by atoms with van der Waals surface area (Å²) in [5, 5.41) is 6.63. The zero-order valence-corrected chi connectivity index (χ0v) is 8.68. The first-order valence-corrected chi connectivity index (χ1v) is 5.53. The van der Waals surface area contributed by atoms with E-state index < -0.39 is 0 Å². The Kier molecular flexibility index (Phi) is 2.93. The van der Waals surface area contributed by atoms with Gasteiger partial charge in [0.15, 0.2) is 0 Å². The van der Waals surface area contributed by atoms with Crippen molar-refractivity contribution < 1.29 is 0 Å². The van der Waals surface area contributed by atoms with Crippen LogP contribution in [0.5, 0.6) is 0 Å². The van der Waals surface area contributed by atoms with Gasteiger partial charge in [0.1, 0.15) is 5.01 Å². The molecule has 1 N–H and O–H groups in total. The van der Waals surface area contributed by atoms with E-state index in [1.807, 2.05) is 11.6 Å². The molecular formula is C9H15N3S. The van der Waals surface area contributed by atoms with E-state index in [1.165, 1.54) is 11.4 Å². The third-order valence-corrected chi connectivity index (χ3v) is 3.29. The predicted molar refractivity (Wildman–Crippen MR) is 54.9 cm³/mol. The maximum Gasteiger partial charge on any atom is 0.107 e. The van der Waals surface area contributed by atoms with Crippen LogP contribution >= 0.6 is 11.3 Å². The maximum absolute atomic E-state index is 4.28. The van der Waals surface area contributed by atoms with Crippen LogP contribution in [0.3, 0.4) is 0 Å². The molecule has 1 aromatic heterocycles. The van der Waals surface area contributed by atoms with Gasteiger partial charge >= 0.3 is 0 Å². The third kappa shape index (κ3) is 2.27. The minimum absolute atomic E-state index is 0.698. The van der Waals surface area contributed by atoms with Gasteiger partial charge < -0.3 is 5.32 Å². The zero-order valence-electron chi connectivity index (χ0n) is 7.86. The third-order valence-electron chi connectivity index (χ3n) is 2.53. The van der Waals surface area contributed by atoms with Crippen molar-refractivity contribution in [1.29, 1.82) is 0 Å². The van der Waals surface area contributed by atoms with Gasteiger partial charge in [-0.15, -0.1) is 11.3 Å². The molecule has 1 aliphatic heterocycles. The average Bonchev–Trinajstić information content (AvgIpc) is 2.74. The second-order valence-electron chi connectivity index (χ2n) is 3.49. The second-order valence-corrected chi connectivity index (χ2v) is 4.47. The molecule has 1 saturated heterocycles. The van der Waals surface area contributed by atoms with Crippen molar-refractivity contribution in [3.05, 3.63) is 16.6 Å². The zero-order chi connectivity index (χ0) is 9.10. The van der Waals surface area contributed by atoms with Crippen LogP contribution in [-0.4, -0.2) is 36.1 Å². The van der Waals surface area contributed by atoms with Crippen LogP contribution < -0.4 is 5.32 Å². The number of likely N-dealkylation sites (N-methyl/N-ethyl adjacent to an activating group) is 1. The minimum Gasteiger partial charge on any atom is -0.315 e. The van der Waals surface area contributed by atoms with E-state index in [9.17, 15) is 0 Å². The Morgan fingerprint density at radius 1 is 1.77 bits per heavy atom. The van der Waals surface area contributed by atoms with Crippen LogP contribution in [0.4, 0.5) is 0 Å². The molecule has 1 aliphatic rings. The van der Waals surface area contributed by atoms with E-state index in [1.54, 1.807) is 11.3 Å². The monoisotopic (exact) mass is 197 g/mol. The molecule has 1 aromatic rings. The van der Waals surface area contributed by atoms with Gasteiger partial charge in [-0.3, -0.25) is 4.90 Å². The summed E-state index contributed by atoms with van der Waals surface area (Å²) in [6.07, 6.45) is 3.14. The molecule has 3 nitrogen and oxygen atoms in total. The first kappa shape index (κ1) is 9.12.